The summed E-state index contributed by atoms with van der Waals surface area (Å²) in [6.45, 7) is 1.07. The van der Waals surface area contributed by atoms with E-state index in [9.17, 15) is 4.79 Å². The lowest BCUT2D eigenvalue weighted by atomic mass is 10.1. The fourth-order valence-electron chi connectivity index (χ4n) is 2.19. The Morgan fingerprint density at radius 3 is 2.67 bits per heavy atom. The number of nitrogen functional groups attached to an aromatic ring is 1. The Labute approximate surface area is 122 Å². The van der Waals surface area contributed by atoms with Gasteiger partial charge in [-0.05, 0) is 23.8 Å². The molecule has 0 radical (unpaired) electrons. The van der Waals surface area contributed by atoms with Crippen molar-refractivity contribution in [3.8, 4) is 11.5 Å². The summed E-state index contributed by atoms with van der Waals surface area (Å²) < 4.78 is 10.9. The van der Waals surface area contributed by atoms with Crippen LogP contribution >= 0.6 is 0 Å². The zero-order chi connectivity index (χ0) is 14.7. The van der Waals surface area contributed by atoms with E-state index in [1.54, 1.807) is 24.3 Å². The number of ether oxygens (including phenoxy) is 2. The minimum atomic E-state index is -0.121. The zero-order valence-corrected chi connectivity index (χ0v) is 11.5. The quantitative estimate of drug-likeness (QED) is 0.848. The van der Waals surface area contributed by atoms with E-state index in [0.717, 1.165) is 5.56 Å². The maximum Gasteiger partial charge on any atom is 0.228 e. The number of anilines is 2. The molecule has 0 saturated carbocycles. The second kappa shape index (κ2) is 5.75. The van der Waals surface area contributed by atoms with E-state index in [-0.39, 0.29) is 12.3 Å². The first-order valence-corrected chi connectivity index (χ1v) is 6.75. The fraction of sp³-hybridized carbons (Fsp3) is 0.188. The van der Waals surface area contributed by atoms with E-state index < -0.39 is 0 Å². The summed E-state index contributed by atoms with van der Waals surface area (Å²) in [5.74, 6) is 1.23. The number of hydrogen-bond donors (Lipinski definition) is 2. The van der Waals surface area contributed by atoms with Gasteiger partial charge in [-0.1, -0.05) is 18.2 Å². The predicted octanol–water partition coefficient (Wildman–Crippen LogP) is 2.22. The molecule has 1 aliphatic rings. The van der Waals surface area contributed by atoms with E-state index >= 15 is 0 Å². The van der Waals surface area contributed by atoms with Crippen LogP contribution in [-0.4, -0.2) is 19.1 Å². The maximum absolute atomic E-state index is 12.1. The van der Waals surface area contributed by atoms with E-state index in [1.807, 2.05) is 18.2 Å². The summed E-state index contributed by atoms with van der Waals surface area (Å²) in [6, 6.07) is 12.7. The highest BCUT2D eigenvalue weighted by atomic mass is 16.6. The number of hydrogen-bond acceptors (Lipinski definition) is 4. The molecule has 3 N–H and O–H groups in total. The Bertz CT molecular complexity index is 670. The number of amides is 1. The molecule has 5 nitrogen and oxygen atoms in total. The second-order valence-electron chi connectivity index (χ2n) is 4.78. The van der Waals surface area contributed by atoms with E-state index in [1.165, 1.54) is 0 Å². The molecule has 0 saturated heterocycles. The van der Waals surface area contributed by atoms with Gasteiger partial charge in [0.05, 0.1) is 6.42 Å². The average molecular weight is 284 g/mol. The number of carbonyl (C=O) groups is 1. The minimum absolute atomic E-state index is 0.121. The lowest BCUT2D eigenvalue weighted by Gasteiger charge is -2.19. The van der Waals surface area contributed by atoms with Crippen LogP contribution < -0.4 is 20.5 Å². The number of rotatable bonds is 3. The summed E-state index contributed by atoms with van der Waals surface area (Å²) >= 11 is 0. The van der Waals surface area contributed by atoms with Gasteiger partial charge in [0.15, 0.2) is 11.5 Å². The highest BCUT2D eigenvalue weighted by molar-refractivity contribution is 5.93. The van der Waals surface area contributed by atoms with Crippen molar-refractivity contribution in [1.82, 2.24) is 0 Å². The van der Waals surface area contributed by atoms with Crippen molar-refractivity contribution < 1.29 is 14.3 Å². The molecule has 5 heteroatoms. The highest BCUT2D eigenvalue weighted by Gasteiger charge is 2.13. The number of nitrogens with two attached hydrogens (primary N) is 1. The minimum Gasteiger partial charge on any atom is -0.486 e. The Morgan fingerprint density at radius 1 is 1.10 bits per heavy atom. The topological polar surface area (TPSA) is 73.6 Å². The van der Waals surface area contributed by atoms with Crippen molar-refractivity contribution >= 4 is 17.3 Å². The van der Waals surface area contributed by atoms with Crippen molar-refractivity contribution in [2.75, 3.05) is 24.3 Å². The standard InChI is InChI=1S/C16H16N2O3/c17-13-4-2-1-3-11(13)9-16(19)18-12-5-6-14-15(10-12)21-8-7-20-14/h1-6,10H,7-9,17H2,(H,18,19). The Balaban J connectivity index is 1.69. The summed E-state index contributed by atoms with van der Waals surface area (Å²) in [7, 11) is 0. The SMILES string of the molecule is Nc1ccccc1CC(=O)Nc1ccc2c(c1)OCCO2. The number of fused-ring (bicyclic) bond motifs is 1. The van der Waals surface area contributed by atoms with Gasteiger partial charge in [0, 0.05) is 17.4 Å². The molecule has 1 amide bonds. The van der Waals surface area contributed by atoms with Gasteiger partial charge in [0.1, 0.15) is 13.2 Å². The first-order chi connectivity index (χ1) is 10.2. The molecule has 2 aromatic rings. The van der Waals surface area contributed by atoms with Crippen LogP contribution in [-0.2, 0) is 11.2 Å². The molecule has 1 heterocycles. The van der Waals surface area contributed by atoms with Crippen molar-refractivity contribution in [3.05, 3.63) is 48.0 Å². The fourth-order valence-corrected chi connectivity index (χ4v) is 2.19. The predicted molar refractivity (Wildman–Crippen MR) is 80.6 cm³/mol. The summed E-state index contributed by atoms with van der Waals surface area (Å²) in [4.78, 5) is 12.1. The highest BCUT2D eigenvalue weighted by Crippen LogP contribution is 2.32. The first kappa shape index (κ1) is 13.3. The summed E-state index contributed by atoms with van der Waals surface area (Å²) in [5.41, 5.74) is 7.95. The van der Waals surface area contributed by atoms with Crippen molar-refractivity contribution in [2.45, 2.75) is 6.42 Å². The normalized spacial score (nSPS) is 12.8. The van der Waals surface area contributed by atoms with Gasteiger partial charge in [-0.25, -0.2) is 0 Å². The van der Waals surface area contributed by atoms with E-state index in [2.05, 4.69) is 5.32 Å². The molecule has 0 aliphatic carbocycles. The van der Waals surface area contributed by atoms with Crippen LogP contribution in [0.15, 0.2) is 42.5 Å². The summed E-state index contributed by atoms with van der Waals surface area (Å²) in [6.07, 6.45) is 0.237. The van der Waals surface area contributed by atoms with Crippen LogP contribution in [0.1, 0.15) is 5.56 Å². The van der Waals surface area contributed by atoms with Gasteiger partial charge in [-0.2, -0.15) is 0 Å². The van der Waals surface area contributed by atoms with Crippen LogP contribution in [0, 0.1) is 0 Å². The van der Waals surface area contributed by atoms with Crippen LogP contribution in [0.2, 0.25) is 0 Å². The molecular formula is C16H16N2O3. The van der Waals surface area contributed by atoms with Crippen LogP contribution in [0.3, 0.4) is 0 Å². The largest absolute Gasteiger partial charge is 0.486 e. The Kier molecular flexibility index (Phi) is 3.64. The smallest absolute Gasteiger partial charge is 0.228 e. The number of para-hydroxylation sites is 1. The lowest BCUT2D eigenvalue weighted by molar-refractivity contribution is -0.115. The lowest BCUT2D eigenvalue weighted by Crippen LogP contribution is -2.17. The zero-order valence-electron chi connectivity index (χ0n) is 11.5. The molecule has 0 unspecified atom stereocenters. The number of nitrogens with one attached hydrogen (secondary N) is 1. The second-order valence-corrected chi connectivity index (χ2v) is 4.78. The van der Waals surface area contributed by atoms with E-state index in [0.29, 0.717) is 36.1 Å². The van der Waals surface area contributed by atoms with Crippen molar-refractivity contribution in [1.29, 1.82) is 0 Å². The van der Waals surface area contributed by atoms with Gasteiger partial charge < -0.3 is 20.5 Å². The number of benzene rings is 2. The summed E-state index contributed by atoms with van der Waals surface area (Å²) in [5, 5.41) is 2.84. The average Bonchev–Trinajstić information content (AvgIpc) is 2.49. The van der Waals surface area contributed by atoms with Crippen LogP contribution in [0.5, 0.6) is 11.5 Å². The molecule has 3 rings (SSSR count). The van der Waals surface area contributed by atoms with Crippen molar-refractivity contribution in [2.24, 2.45) is 0 Å². The molecule has 108 valence electrons. The first-order valence-electron chi connectivity index (χ1n) is 6.75. The molecule has 21 heavy (non-hydrogen) atoms. The third-order valence-electron chi connectivity index (χ3n) is 3.23. The van der Waals surface area contributed by atoms with Crippen LogP contribution in [0.4, 0.5) is 11.4 Å². The van der Waals surface area contributed by atoms with Gasteiger partial charge in [-0.3, -0.25) is 4.79 Å². The number of carbonyl (C=O) groups excluding carboxylic acids is 1. The molecule has 1 aliphatic heterocycles. The van der Waals surface area contributed by atoms with Gasteiger partial charge in [-0.15, -0.1) is 0 Å². The third kappa shape index (κ3) is 3.08. The third-order valence-corrected chi connectivity index (χ3v) is 3.23. The molecule has 0 aromatic heterocycles. The van der Waals surface area contributed by atoms with Crippen molar-refractivity contribution in [3.63, 3.8) is 0 Å². The Hall–Kier alpha value is -2.69. The molecule has 0 bridgehead atoms. The molecule has 0 atom stereocenters. The van der Waals surface area contributed by atoms with Gasteiger partial charge >= 0.3 is 0 Å². The molecule has 0 spiro atoms. The molecular weight excluding hydrogens is 268 g/mol. The monoisotopic (exact) mass is 284 g/mol. The van der Waals surface area contributed by atoms with Gasteiger partial charge in [0.25, 0.3) is 0 Å². The Morgan fingerprint density at radius 2 is 1.86 bits per heavy atom. The van der Waals surface area contributed by atoms with Gasteiger partial charge in [0.2, 0.25) is 5.91 Å². The molecule has 0 fully saturated rings. The van der Waals surface area contributed by atoms with Crippen LogP contribution in [0.25, 0.3) is 0 Å². The maximum atomic E-state index is 12.1. The molecule has 2 aromatic carbocycles. The van der Waals surface area contributed by atoms with E-state index in [4.69, 9.17) is 15.2 Å².